The first kappa shape index (κ1) is 23.3. The van der Waals surface area contributed by atoms with Gasteiger partial charge in [0.25, 0.3) is 0 Å². The van der Waals surface area contributed by atoms with Gasteiger partial charge in [-0.05, 0) is 36.6 Å². The Morgan fingerprint density at radius 1 is 1.10 bits per heavy atom. The highest BCUT2D eigenvalue weighted by Crippen LogP contribution is 2.33. The van der Waals surface area contributed by atoms with Crippen LogP contribution < -0.4 is 4.74 Å². The third kappa shape index (κ3) is 6.54. The van der Waals surface area contributed by atoms with Gasteiger partial charge in [0, 0.05) is 34.4 Å². The topological polar surface area (TPSA) is 44.1 Å². The lowest BCUT2D eigenvalue weighted by Crippen LogP contribution is -2.12. The van der Waals surface area contributed by atoms with Crippen molar-refractivity contribution in [3.05, 3.63) is 82.3 Å². The fraction of sp³-hybridized carbons (Fsp3) is 0.385. The number of benzene rings is 2. The fourth-order valence-electron chi connectivity index (χ4n) is 3.72. The van der Waals surface area contributed by atoms with Crippen molar-refractivity contribution in [2.45, 2.75) is 65.0 Å². The quantitative estimate of drug-likeness (QED) is 0.199. The molecule has 1 unspecified atom stereocenters. The first-order valence-electron chi connectivity index (χ1n) is 11.1. The van der Waals surface area contributed by atoms with Gasteiger partial charge < -0.3 is 9.30 Å². The molecule has 31 heavy (non-hydrogen) atoms. The van der Waals surface area contributed by atoms with Gasteiger partial charge in [-0.25, -0.2) is 4.98 Å². The van der Waals surface area contributed by atoms with Crippen LogP contribution >= 0.6 is 15.9 Å². The Labute approximate surface area is 193 Å². The van der Waals surface area contributed by atoms with Crippen LogP contribution in [0.1, 0.15) is 79.9 Å². The molecule has 0 N–H and O–H groups in total. The van der Waals surface area contributed by atoms with E-state index in [9.17, 15) is 4.79 Å². The average Bonchev–Trinajstić information content (AvgIpc) is 3.32. The molecule has 0 aliphatic heterocycles. The first-order valence-corrected chi connectivity index (χ1v) is 11.9. The van der Waals surface area contributed by atoms with Crippen molar-refractivity contribution in [2.24, 2.45) is 0 Å². The fourth-order valence-corrected chi connectivity index (χ4v) is 3.99. The summed E-state index contributed by atoms with van der Waals surface area (Å²) in [6.45, 7) is 4.78. The highest BCUT2D eigenvalue weighted by atomic mass is 79.9. The molecule has 0 spiro atoms. The number of carbonyl (C=O) groups is 1. The zero-order chi connectivity index (χ0) is 22.1. The summed E-state index contributed by atoms with van der Waals surface area (Å²) in [6.07, 6.45) is 11.3. The van der Waals surface area contributed by atoms with Crippen LogP contribution in [0.2, 0.25) is 0 Å². The van der Waals surface area contributed by atoms with Crippen molar-refractivity contribution in [1.29, 1.82) is 0 Å². The molecule has 1 atom stereocenters. The van der Waals surface area contributed by atoms with E-state index in [0.717, 1.165) is 59.0 Å². The van der Waals surface area contributed by atoms with Crippen LogP contribution in [-0.2, 0) is 6.61 Å². The number of hydrogen-bond donors (Lipinski definition) is 0. The first-order chi connectivity index (χ1) is 15.1. The number of unbranched alkanes of at least 4 members (excludes halogenated alkanes) is 2. The largest absolute Gasteiger partial charge is 0.489 e. The Kier molecular flexibility index (Phi) is 8.89. The Morgan fingerprint density at radius 3 is 2.58 bits per heavy atom. The molecule has 0 radical (unpaired) electrons. The van der Waals surface area contributed by atoms with Crippen LogP contribution in [0.4, 0.5) is 0 Å². The van der Waals surface area contributed by atoms with Crippen molar-refractivity contribution in [3.63, 3.8) is 0 Å². The van der Waals surface area contributed by atoms with Gasteiger partial charge in [0.15, 0.2) is 5.78 Å². The van der Waals surface area contributed by atoms with Crippen molar-refractivity contribution >= 4 is 21.7 Å². The molecule has 0 fully saturated rings. The molecule has 0 aliphatic rings. The number of ether oxygens (including phenoxy) is 1. The summed E-state index contributed by atoms with van der Waals surface area (Å²) in [7, 11) is 0. The number of imidazole rings is 1. The van der Waals surface area contributed by atoms with E-state index in [4.69, 9.17) is 4.74 Å². The van der Waals surface area contributed by atoms with E-state index in [1.165, 1.54) is 0 Å². The summed E-state index contributed by atoms with van der Waals surface area (Å²) in [6, 6.07) is 14.2. The molecule has 2 aromatic carbocycles. The molecule has 0 saturated carbocycles. The van der Waals surface area contributed by atoms with Gasteiger partial charge in [-0.15, -0.1) is 0 Å². The molecule has 0 bridgehead atoms. The number of rotatable bonds is 12. The number of halogens is 1. The maximum absolute atomic E-state index is 12.7. The van der Waals surface area contributed by atoms with Crippen LogP contribution in [-0.4, -0.2) is 15.3 Å². The second-order valence-electron chi connectivity index (χ2n) is 7.86. The Morgan fingerprint density at radius 2 is 1.90 bits per heavy atom. The molecule has 164 valence electrons. The van der Waals surface area contributed by atoms with Crippen molar-refractivity contribution in [2.75, 3.05) is 0 Å². The summed E-state index contributed by atoms with van der Waals surface area (Å²) in [5.41, 5.74) is 2.90. The number of hydrogen-bond acceptors (Lipinski definition) is 3. The molecular weight excluding hydrogens is 452 g/mol. The Bertz CT molecular complexity index is 952. The van der Waals surface area contributed by atoms with E-state index in [0.29, 0.717) is 13.0 Å². The predicted molar refractivity (Wildman–Crippen MR) is 129 cm³/mol. The van der Waals surface area contributed by atoms with Gasteiger partial charge in [0.05, 0.1) is 12.4 Å². The lowest BCUT2D eigenvalue weighted by Gasteiger charge is -2.22. The minimum atomic E-state index is 0.122. The van der Waals surface area contributed by atoms with E-state index < -0.39 is 0 Å². The summed E-state index contributed by atoms with van der Waals surface area (Å²) in [5, 5.41) is 0. The van der Waals surface area contributed by atoms with E-state index in [-0.39, 0.29) is 11.8 Å². The third-order valence-corrected chi connectivity index (χ3v) is 5.99. The van der Waals surface area contributed by atoms with Crippen LogP contribution in [0.3, 0.4) is 0 Å². The number of ketones is 1. The van der Waals surface area contributed by atoms with E-state index in [1.54, 1.807) is 6.20 Å². The predicted octanol–water partition coefficient (Wildman–Crippen LogP) is 7.38. The zero-order valence-electron chi connectivity index (χ0n) is 18.4. The van der Waals surface area contributed by atoms with Gasteiger partial charge in [0.2, 0.25) is 0 Å². The van der Waals surface area contributed by atoms with Gasteiger partial charge in [-0.3, -0.25) is 4.79 Å². The second-order valence-corrected chi connectivity index (χ2v) is 8.78. The second kappa shape index (κ2) is 11.8. The van der Waals surface area contributed by atoms with Crippen LogP contribution in [0.25, 0.3) is 0 Å². The third-order valence-electron chi connectivity index (χ3n) is 5.46. The van der Waals surface area contributed by atoms with Crippen LogP contribution in [0.5, 0.6) is 5.75 Å². The summed E-state index contributed by atoms with van der Waals surface area (Å²) in [4.78, 5) is 17.0. The Hall–Kier alpha value is -2.40. The maximum atomic E-state index is 12.7. The number of aromatic nitrogens is 2. The summed E-state index contributed by atoms with van der Waals surface area (Å²) in [5.74, 6) is 0.958. The average molecular weight is 483 g/mol. The zero-order valence-corrected chi connectivity index (χ0v) is 20.0. The normalized spacial score (nSPS) is 12.0. The standard InChI is InChI=1S/C26H31BrN2O2/c1-3-5-6-8-25(30)21-11-14-23(24(7-4-2)29-16-15-28-19-29)26(17-21)31-18-20-9-12-22(27)13-10-20/h9-17,19,24H,3-8,18H2,1-2H3. The highest BCUT2D eigenvalue weighted by Gasteiger charge is 2.19. The molecule has 1 aromatic heterocycles. The van der Waals surface area contributed by atoms with E-state index >= 15 is 0 Å². The lowest BCUT2D eigenvalue weighted by atomic mass is 9.97. The van der Waals surface area contributed by atoms with Gasteiger partial charge in [-0.1, -0.05) is 73.3 Å². The maximum Gasteiger partial charge on any atom is 0.163 e. The van der Waals surface area contributed by atoms with Crippen LogP contribution in [0.15, 0.2) is 65.7 Å². The van der Waals surface area contributed by atoms with Gasteiger partial charge >= 0.3 is 0 Å². The highest BCUT2D eigenvalue weighted by molar-refractivity contribution is 9.10. The van der Waals surface area contributed by atoms with Gasteiger partial charge in [-0.2, -0.15) is 0 Å². The van der Waals surface area contributed by atoms with E-state index in [1.807, 2.05) is 48.9 Å². The molecule has 3 aromatic rings. The van der Waals surface area contributed by atoms with Crippen molar-refractivity contribution < 1.29 is 9.53 Å². The van der Waals surface area contributed by atoms with Crippen LogP contribution in [0, 0.1) is 0 Å². The molecule has 3 rings (SSSR count). The molecule has 1 heterocycles. The molecule has 5 heteroatoms. The van der Waals surface area contributed by atoms with Gasteiger partial charge in [0.1, 0.15) is 12.4 Å². The van der Waals surface area contributed by atoms with E-state index in [2.05, 4.69) is 45.4 Å². The number of carbonyl (C=O) groups excluding carboxylic acids is 1. The van der Waals surface area contributed by atoms with Crippen molar-refractivity contribution in [1.82, 2.24) is 9.55 Å². The minimum absolute atomic E-state index is 0.122. The van der Waals surface area contributed by atoms with Crippen molar-refractivity contribution in [3.8, 4) is 5.75 Å². The Balaban J connectivity index is 1.90. The smallest absolute Gasteiger partial charge is 0.163 e. The molecule has 0 aliphatic carbocycles. The SMILES string of the molecule is CCCCCC(=O)c1ccc(C(CCC)n2ccnc2)c(OCc2ccc(Br)cc2)c1. The molecular formula is C26H31BrN2O2. The lowest BCUT2D eigenvalue weighted by molar-refractivity contribution is 0.0978. The number of Topliss-reactive ketones (excluding diaryl/α,β-unsaturated/α-hetero) is 1. The summed E-state index contributed by atoms with van der Waals surface area (Å²) >= 11 is 3.48. The minimum Gasteiger partial charge on any atom is -0.489 e. The molecule has 4 nitrogen and oxygen atoms in total. The molecule has 0 saturated heterocycles. The number of nitrogens with zero attached hydrogens (tertiary/aromatic N) is 2. The summed E-state index contributed by atoms with van der Waals surface area (Å²) < 4.78 is 9.46. The monoisotopic (exact) mass is 482 g/mol. The molecule has 0 amide bonds.